The lowest BCUT2D eigenvalue weighted by molar-refractivity contribution is 0.627. The van der Waals surface area contributed by atoms with E-state index in [1.807, 2.05) is 18.2 Å². The lowest BCUT2D eigenvalue weighted by Crippen LogP contribution is -2.14. The summed E-state index contributed by atoms with van der Waals surface area (Å²) >= 11 is 0. The first kappa shape index (κ1) is 10.8. The minimum absolute atomic E-state index is 0.372. The maximum Gasteiger partial charge on any atom is 0.124 e. The second kappa shape index (κ2) is 4.15. The minimum Gasteiger partial charge on any atom is -0.340 e. The SMILES string of the molecule is N#Cc1cc(F)ccc1N1CCc2ccccc21. The number of hydrogen-bond donors (Lipinski definition) is 0. The molecular weight excluding hydrogens is 227 g/mol. The Morgan fingerprint density at radius 1 is 1.11 bits per heavy atom. The molecule has 0 saturated carbocycles. The van der Waals surface area contributed by atoms with Gasteiger partial charge in [-0.3, -0.25) is 0 Å². The number of hydrogen-bond acceptors (Lipinski definition) is 2. The van der Waals surface area contributed by atoms with Gasteiger partial charge in [0.05, 0.1) is 11.3 Å². The van der Waals surface area contributed by atoms with Crippen molar-refractivity contribution in [3.63, 3.8) is 0 Å². The summed E-state index contributed by atoms with van der Waals surface area (Å²) in [7, 11) is 0. The zero-order valence-electron chi connectivity index (χ0n) is 9.73. The maximum absolute atomic E-state index is 13.1. The summed E-state index contributed by atoms with van der Waals surface area (Å²) in [6, 6.07) is 14.5. The molecule has 88 valence electrons. The summed E-state index contributed by atoms with van der Waals surface area (Å²) < 4.78 is 13.1. The molecule has 0 bridgehead atoms. The molecule has 1 heterocycles. The molecule has 0 atom stereocenters. The average Bonchev–Trinajstić information content (AvgIpc) is 2.82. The number of nitrogens with zero attached hydrogens (tertiary/aromatic N) is 2. The highest BCUT2D eigenvalue weighted by molar-refractivity contribution is 5.73. The third-order valence-electron chi connectivity index (χ3n) is 3.26. The number of anilines is 2. The zero-order valence-corrected chi connectivity index (χ0v) is 9.73. The number of rotatable bonds is 1. The van der Waals surface area contributed by atoms with Crippen molar-refractivity contribution in [1.82, 2.24) is 0 Å². The normalized spacial score (nSPS) is 13.2. The molecule has 2 aromatic rings. The van der Waals surface area contributed by atoms with Crippen LogP contribution in [0.15, 0.2) is 42.5 Å². The second-order valence-corrected chi connectivity index (χ2v) is 4.30. The van der Waals surface area contributed by atoms with Crippen molar-refractivity contribution in [3.05, 3.63) is 59.4 Å². The molecule has 2 nitrogen and oxygen atoms in total. The maximum atomic E-state index is 13.1. The van der Waals surface area contributed by atoms with Crippen molar-refractivity contribution >= 4 is 11.4 Å². The monoisotopic (exact) mass is 238 g/mol. The first-order valence-electron chi connectivity index (χ1n) is 5.84. The molecule has 2 aromatic carbocycles. The van der Waals surface area contributed by atoms with Gasteiger partial charge in [-0.15, -0.1) is 0 Å². The minimum atomic E-state index is -0.372. The van der Waals surface area contributed by atoms with E-state index in [4.69, 9.17) is 5.26 Å². The van der Waals surface area contributed by atoms with Crippen LogP contribution in [0.25, 0.3) is 0 Å². The van der Waals surface area contributed by atoms with Crippen LogP contribution in [0, 0.1) is 17.1 Å². The molecular formula is C15H11FN2. The molecule has 0 amide bonds. The van der Waals surface area contributed by atoms with Gasteiger partial charge in [-0.2, -0.15) is 5.26 Å². The molecule has 3 rings (SSSR count). The standard InChI is InChI=1S/C15H11FN2/c16-13-5-6-15(12(9-13)10-17)18-8-7-11-3-1-2-4-14(11)18/h1-6,9H,7-8H2. The van der Waals surface area contributed by atoms with Crippen molar-refractivity contribution < 1.29 is 4.39 Å². The van der Waals surface area contributed by atoms with Crippen molar-refractivity contribution in [3.8, 4) is 6.07 Å². The van der Waals surface area contributed by atoms with Gasteiger partial charge in [0.25, 0.3) is 0 Å². The predicted octanol–water partition coefficient (Wildman–Crippen LogP) is 3.39. The number of fused-ring (bicyclic) bond motifs is 1. The van der Waals surface area contributed by atoms with Crippen molar-refractivity contribution in [2.24, 2.45) is 0 Å². The quantitative estimate of drug-likeness (QED) is 0.761. The van der Waals surface area contributed by atoms with E-state index in [0.717, 1.165) is 24.3 Å². The predicted molar refractivity (Wildman–Crippen MR) is 68.3 cm³/mol. The Hall–Kier alpha value is -2.34. The van der Waals surface area contributed by atoms with Gasteiger partial charge in [0, 0.05) is 12.2 Å². The number of halogens is 1. The van der Waals surface area contributed by atoms with E-state index in [-0.39, 0.29) is 5.82 Å². The molecule has 0 aromatic heterocycles. The van der Waals surface area contributed by atoms with Crippen LogP contribution >= 0.6 is 0 Å². The highest BCUT2D eigenvalue weighted by atomic mass is 19.1. The molecule has 3 heteroatoms. The zero-order chi connectivity index (χ0) is 12.5. The van der Waals surface area contributed by atoms with Crippen molar-refractivity contribution in [2.45, 2.75) is 6.42 Å². The summed E-state index contributed by atoms with van der Waals surface area (Å²) in [6.07, 6.45) is 0.957. The Bertz CT molecular complexity index is 643. The third kappa shape index (κ3) is 1.63. The molecule has 0 radical (unpaired) electrons. The Labute approximate surface area is 105 Å². The van der Waals surface area contributed by atoms with Gasteiger partial charge in [-0.05, 0) is 36.2 Å². The number of para-hydroxylation sites is 1. The molecule has 0 N–H and O–H groups in total. The van der Waals surface area contributed by atoms with Gasteiger partial charge in [0.2, 0.25) is 0 Å². The smallest absolute Gasteiger partial charge is 0.124 e. The summed E-state index contributed by atoms with van der Waals surface area (Å²) in [6.45, 7) is 0.833. The summed E-state index contributed by atoms with van der Waals surface area (Å²) in [5.41, 5.74) is 3.54. The first-order valence-corrected chi connectivity index (χ1v) is 5.84. The Morgan fingerprint density at radius 3 is 2.78 bits per heavy atom. The van der Waals surface area contributed by atoms with Crippen LogP contribution in [0.5, 0.6) is 0 Å². The molecule has 0 saturated heterocycles. The van der Waals surface area contributed by atoms with Gasteiger partial charge in [-0.1, -0.05) is 18.2 Å². The highest BCUT2D eigenvalue weighted by Gasteiger charge is 2.21. The molecule has 0 aliphatic carbocycles. The lowest BCUT2D eigenvalue weighted by atomic mass is 10.1. The van der Waals surface area contributed by atoms with Gasteiger partial charge >= 0.3 is 0 Å². The molecule has 0 fully saturated rings. The van der Waals surface area contributed by atoms with Crippen LogP contribution in [0.4, 0.5) is 15.8 Å². The van der Waals surface area contributed by atoms with Crippen LogP contribution in [-0.2, 0) is 6.42 Å². The van der Waals surface area contributed by atoms with E-state index in [1.54, 1.807) is 6.07 Å². The van der Waals surface area contributed by atoms with E-state index in [1.165, 1.54) is 17.7 Å². The lowest BCUT2D eigenvalue weighted by Gasteiger charge is -2.20. The largest absolute Gasteiger partial charge is 0.340 e. The number of nitriles is 1. The third-order valence-corrected chi connectivity index (χ3v) is 3.26. The number of benzene rings is 2. The molecule has 1 aliphatic rings. The average molecular weight is 238 g/mol. The van der Waals surface area contributed by atoms with Crippen LogP contribution in [0.3, 0.4) is 0 Å². The molecule has 0 spiro atoms. The van der Waals surface area contributed by atoms with E-state index in [2.05, 4.69) is 17.0 Å². The van der Waals surface area contributed by atoms with Gasteiger partial charge in [0.1, 0.15) is 11.9 Å². The van der Waals surface area contributed by atoms with Crippen LogP contribution < -0.4 is 4.90 Å². The van der Waals surface area contributed by atoms with Crippen LogP contribution in [0.1, 0.15) is 11.1 Å². The van der Waals surface area contributed by atoms with Crippen molar-refractivity contribution in [1.29, 1.82) is 5.26 Å². The van der Waals surface area contributed by atoms with Gasteiger partial charge < -0.3 is 4.90 Å². The molecule has 1 aliphatic heterocycles. The fraction of sp³-hybridized carbons (Fsp3) is 0.133. The topological polar surface area (TPSA) is 27.0 Å². The fourth-order valence-corrected chi connectivity index (χ4v) is 2.42. The highest BCUT2D eigenvalue weighted by Crippen LogP contribution is 2.35. The van der Waals surface area contributed by atoms with Gasteiger partial charge in [0.15, 0.2) is 0 Å². The Kier molecular flexibility index (Phi) is 2.49. The van der Waals surface area contributed by atoms with E-state index < -0.39 is 0 Å². The van der Waals surface area contributed by atoms with E-state index in [0.29, 0.717) is 5.56 Å². The molecule has 0 unspecified atom stereocenters. The Balaban J connectivity index is 2.11. The summed E-state index contributed by atoms with van der Waals surface area (Å²) in [5.74, 6) is -0.372. The summed E-state index contributed by atoms with van der Waals surface area (Å²) in [4.78, 5) is 2.08. The molecule has 18 heavy (non-hydrogen) atoms. The second-order valence-electron chi connectivity index (χ2n) is 4.30. The first-order chi connectivity index (χ1) is 8.79. The van der Waals surface area contributed by atoms with Crippen LogP contribution in [0.2, 0.25) is 0 Å². The van der Waals surface area contributed by atoms with Crippen molar-refractivity contribution in [2.75, 3.05) is 11.4 Å². The summed E-state index contributed by atoms with van der Waals surface area (Å²) in [5, 5.41) is 9.11. The Morgan fingerprint density at radius 2 is 1.94 bits per heavy atom. The van der Waals surface area contributed by atoms with E-state index in [9.17, 15) is 4.39 Å². The van der Waals surface area contributed by atoms with Crippen LogP contribution in [-0.4, -0.2) is 6.54 Å². The van der Waals surface area contributed by atoms with E-state index >= 15 is 0 Å². The van der Waals surface area contributed by atoms with Gasteiger partial charge in [-0.25, -0.2) is 4.39 Å². The fourth-order valence-electron chi connectivity index (χ4n) is 2.42.